The standard InChI is InChI=1S/C14H14N2OS/c1-9-4-2-5-10(8-9)16-12-7-3-6-11(12)13(18)15-14(16)17/h2,4-5,8H,3,6-7H2,1H3,(H,15,17,18). The van der Waals surface area contributed by atoms with Crippen molar-refractivity contribution in [2.45, 2.75) is 26.2 Å². The number of nitrogens with zero attached hydrogens (tertiary/aromatic N) is 1. The molecule has 0 fully saturated rings. The van der Waals surface area contributed by atoms with E-state index in [0.717, 1.165) is 41.8 Å². The smallest absolute Gasteiger partial charge is 0.298 e. The van der Waals surface area contributed by atoms with Crippen LogP contribution in [0.5, 0.6) is 0 Å². The molecule has 3 nitrogen and oxygen atoms in total. The number of aryl methyl sites for hydroxylation is 1. The van der Waals surface area contributed by atoms with Crippen molar-refractivity contribution in [3.05, 3.63) is 56.2 Å². The number of aromatic nitrogens is 2. The molecule has 0 spiro atoms. The van der Waals surface area contributed by atoms with E-state index in [1.807, 2.05) is 31.2 Å². The third kappa shape index (κ3) is 1.73. The number of nitrogens with one attached hydrogen (secondary N) is 1. The summed E-state index contributed by atoms with van der Waals surface area (Å²) in [6, 6.07) is 7.99. The fraction of sp³-hybridized carbons (Fsp3) is 0.286. The minimum atomic E-state index is -0.133. The Morgan fingerprint density at radius 1 is 1.33 bits per heavy atom. The lowest BCUT2D eigenvalue weighted by molar-refractivity contribution is 0.824. The zero-order valence-corrected chi connectivity index (χ0v) is 11.0. The van der Waals surface area contributed by atoms with Crippen LogP contribution in [0, 0.1) is 11.6 Å². The van der Waals surface area contributed by atoms with E-state index in [4.69, 9.17) is 12.2 Å². The number of H-pyrrole nitrogens is 1. The van der Waals surface area contributed by atoms with E-state index in [-0.39, 0.29) is 5.69 Å². The van der Waals surface area contributed by atoms with Crippen molar-refractivity contribution in [2.24, 2.45) is 0 Å². The topological polar surface area (TPSA) is 37.8 Å². The number of hydrogen-bond donors (Lipinski definition) is 1. The zero-order valence-electron chi connectivity index (χ0n) is 10.2. The molecule has 0 aliphatic heterocycles. The van der Waals surface area contributed by atoms with Crippen LogP contribution in [0.1, 0.15) is 23.2 Å². The van der Waals surface area contributed by atoms with Crippen molar-refractivity contribution in [3.8, 4) is 5.69 Å². The summed E-state index contributed by atoms with van der Waals surface area (Å²) in [4.78, 5) is 14.9. The highest BCUT2D eigenvalue weighted by atomic mass is 32.1. The molecule has 0 radical (unpaired) electrons. The molecule has 0 amide bonds. The summed E-state index contributed by atoms with van der Waals surface area (Å²) >= 11 is 5.23. The molecule has 0 unspecified atom stereocenters. The minimum Gasteiger partial charge on any atom is -0.298 e. The summed E-state index contributed by atoms with van der Waals surface area (Å²) in [6.07, 6.45) is 2.97. The fourth-order valence-corrected chi connectivity index (χ4v) is 2.92. The minimum absolute atomic E-state index is 0.133. The van der Waals surface area contributed by atoms with E-state index in [9.17, 15) is 4.79 Å². The summed E-state index contributed by atoms with van der Waals surface area (Å²) in [5.41, 5.74) is 4.14. The summed E-state index contributed by atoms with van der Waals surface area (Å²) in [5.74, 6) is 0. The van der Waals surface area contributed by atoms with Gasteiger partial charge in [-0.15, -0.1) is 0 Å². The lowest BCUT2D eigenvalue weighted by atomic mass is 10.2. The molecule has 0 bridgehead atoms. The van der Waals surface area contributed by atoms with Crippen LogP contribution in [0.4, 0.5) is 0 Å². The van der Waals surface area contributed by atoms with Crippen molar-refractivity contribution < 1.29 is 0 Å². The molecule has 1 aliphatic carbocycles. The van der Waals surface area contributed by atoms with E-state index in [2.05, 4.69) is 4.98 Å². The molecule has 18 heavy (non-hydrogen) atoms. The Bertz CT molecular complexity index is 727. The van der Waals surface area contributed by atoms with Crippen molar-refractivity contribution >= 4 is 12.2 Å². The van der Waals surface area contributed by atoms with Gasteiger partial charge in [-0.25, -0.2) is 4.79 Å². The maximum atomic E-state index is 12.2. The van der Waals surface area contributed by atoms with Gasteiger partial charge < -0.3 is 0 Å². The van der Waals surface area contributed by atoms with Gasteiger partial charge in [-0.2, -0.15) is 0 Å². The molecule has 92 valence electrons. The zero-order chi connectivity index (χ0) is 12.7. The number of fused-ring (bicyclic) bond motifs is 1. The Labute approximate surface area is 110 Å². The van der Waals surface area contributed by atoms with E-state index in [1.165, 1.54) is 0 Å². The number of benzene rings is 1. The highest BCUT2D eigenvalue weighted by Gasteiger charge is 2.18. The summed E-state index contributed by atoms with van der Waals surface area (Å²) in [7, 11) is 0. The molecular weight excluding hydrogens is 244 g/mol. The Hall–Kier alpha value is -1.68. The molecule has 1 heterocycles. The van der Waals surface area contributed by atoms with Crippen LogP contribution in [0.15, 0.2) is 29.1 Å². The quantitative estimate of drug-likeness (QED) is 0.799. The van der Waals surface area contributed by atoms with Gasteiger partial charge in [0.15, 0.2) is 0 Å². The third-order valence-corrected chi connectivity index (χ3v) is 3.76. The highest BCUT2D eigenvalue weighted by Crippen LogP contribution is 2.23. The predicted octanol–water partition coefficient (Wildman–Crippen LogP) is 2.69. The summed E-state index contributed by atoms with van der Waals surface area (Å²) in [5, 5.41) is 0. The van der Waals surface area contributed by atoms with Crippen molar-refractivity contribution in [1.82, 2.24) is 9.55 Å². The van der Waals surface area contributed by atoms with Gasteiger partial charge in [-0.3, -0.25) is 9.55 Å². The molecule has 0 saturated carbocycles. The predicted molar refractivity (Wildman–Crippen MR) is 74.0 cm³/mol. The van der Waals surface area contributed by atoms with Crippen LogP contribution in [0.2, 0.25) is 0 Å². The average Bonchev–Trinajstić information content (AvgIpc) is 2.78. The van der Waals surface area contributed by atoms with Crippen LogP contribution in [-0.4, -0.2) is 9.55 Å². The molecule has 0 atom stereocenters. The van der Waals surface area contributed by atoms with Crippen LogP contribution in [0.25, 0.3) is 5.69 Å². The van der Waals surface area contributed by atoms with Gasteiger partial charge in [0.1, 0.15) is 4.64 Å². The van der Waals surface area contributed by atoms with Gasteiger partial charge in [-0.1, -0.05) is 24.4 Å². The normalized spacial score (nSPS) is 13.6. The second kappa shape index (κ2) is 4.21. The lowest BCUT2D eigenvalue weighted by Gasteiger charge is -2.12. The van der Waals surface area contributed by atoms with Crippen molar-refractivity contribution in [1.29, 1.82) is 0 Å². The molecule has 1 N–H and O–H groups in total. The van der Waals surface area contributed by atoms with Crippen LogP contribution < -0.4 is 5.69 Å². The molecule has 1 aromatic carbocycles. The van der Waals surface area contributed by atoms with E-state index in [1.54, 1.807) is 4.57 Å². The summed E-state index contributed by atoms with van der Waals surface area (Å²) in [6.45, 7) is 2.03. The van der Waals surface area contributed by atoms with E-state index >= 15 is 0 Å². The maximum absolute atomic E-state index is 12.2. The second-order valence-corrected chi connectivity index (χ2v) is 5.12. The molecule has 2 aromatic rings. The largest absolute Gasteiger partial charge is 0.331 e. The van der Waals surface area contributed by atoms with Crippen molar-refractivity contribution in [3.63, 3.8) is 0 Å². The van der Waals surface area contributed by atoms with Crippen LogP contribution in [-0.2, 0) is 12.8 Å². The first-order valence-electron chi connectivity index (χ1n) is 6.11. The first kappa shape index (κ1) is 11.4. The number of rotatable bonds is 1. The van der Waals surface area contributed by atoms with Gasteiger partial charge >= 0.3 is 5.69 Å². The maximum Gasteiger partial charge on any atom is 0.331 e. The molecule has 3 rings (SSSR count). The van der Waals surface area contributed by atoms with Gasteiger partial charge in [0.05, 0.1) is 5.69 Å². The Kier molecular flexibility index (Phi) is 2.67. The Morgan fingerprint density at radius 2 is 2.17 bits per heavy atom. The SMILES string of the molecule is Cc1cccc(-n2c3c(c(=S)[nH]c2=O)CCC3)c1. The first-order valence-corrected chi connectivity index (χ1v) is 6.52. The van der Waals surface area contributed by atoms with Crippen molar-refractivity contribution in [2.75, 3.05) is 0 Å². The monoisotopic (exact) mass is 258 g/mol. The molecule has 0 saturated heterocycles. The molecular formula is C14H14N2OS. The Balaban J connectivity index is 2.34. The third-order valence-electron chi connectivity index (χ3n) is 3.42. The van der Waals surface area contributed by atoms with Gasteiger partial charge in [-0.05, 0) is 43.9 Å². The van der Waals surface area contributed by atoms with Crippen LogP contribution >= 0.6 is 12.2 Å². The second-order valence-electron chi connectivity index (χ2n) is 4.71. The van der Waals surface area contributed by atoms with E-state index in [0.29, 0.717) is 4.64 Å². The van der Waals surface area contributed by atoms with Gasteiger partial charge in [0, 0.05) is 11.3 Å². The summed E-state index contributed by atoms with van der Waals surface area (Å²) < 4.78 is 2.38. The number of hydrogen-bond acceptors (Lipinski definition) is 2. The average molecular weight is 258 g/mol. The van der Waals surface area contributed by atoms with E-state index < -0.39 is 0 Å². The fourth-order valence-electron chi connectivity index (χ4n) is 2.61. The lowest BCUT2D eigenvalue weighted by Crippen LogP contribution is -2.25. The first-order chi connectivity index (χ1) is 8.66. The number of aromatic amines is 1. The van der Waals surface area contributed by atoms with Crippen LogP contribution in [0.3, 0.4) is 0 Å². The van der Waals surface area contributed by atoms with Gasteiger partial charge in [0.2, 0.25) is 0 Å². The highest BCUT2D eigenvalue weighted by molar-refractivity contribution is 7.71. The Morgan fingerprint density at radius 3 is 2.94 bits per heavy atom. The molecule has 1 aliphatic rings. The molecule has 4 heteroatoms. The van der Waals surface area contributed by atoms with Gasteiger partial charge in [0.25, 0.3) is 0 Å². The molecule has 1 aromatic heterocycles.